The molecule has 1 aromatic heterocycles. The molecule has 1 aromatic carbocycles. The molecule has 2 aromatic rings. The Balaban J connectivity index is 2.17. The lowest BCUT2D eigenvalue weighted by Crippen LogP contribution is -2.03. The SMILES string of the molecule is CCC(Cc1cn(CC)nn1)c1ccc(F)c(C)c1. The first-order valence-corrected chi connectivity index (χ1v) is 6.79. The van der Waals surface area contributed by atoms with E-state index in [1.165, 1.54) is 5.56 Å². The van der Waals surface area contributed by atoms with Gasteiger partial charge in [-0.25, -0.2) is 4.39 Å². The molecule has 0 spiro atoms. The van der Waals surface area contributed by atoms with Crippen LogP contribution in [-0.4, -0.2) is 15.0 Å². The number of aryl methyl sites for hydroxylation is 2. The highest BCUT2D eigenvalue weighted by molar-refractivity contribution is 5.27. The van der Waals surface area contributed by atoms with Crippen LogP contribution in [0.4, 0.5) is 4.39 Å². The lowest BCUT2D eigenvalue weighted by molar-refractivity contribution is 0.609. The van der Waals surface area contributed by atoms with E-state index in [-0.39, 0.29) is 5.82 Å². The summed E-state index contributed by atoms with van der Waals surface area (Å²) in [5.41, 5.74) is 2.87. The molecule has 0 saturated carbocycles. The molecule has 0 amide bonds. The van der Waals surface area contributed by atoms with Crippen molar-refractivity contribution >= 4 is 0 Å². The topological polar surface area (TPSA) is 30.7 Å². The molecule has 0 aliphatic rings. The first kappa shape index (κ1) is 13.7. The Morgan fingerprint density at radius 3 is 2.68 bits per heavy atom. The molecular formula is C15H20FN3. The van der Waals surface area contributed by atoms with Crippen molar-refractivity contribution in [2.75, 3.05) is 0 Å². The molecule has 4 heteroatoms. The maximum absolute atomic E-state index is 13.3. The second-order valence-corrected chi connectivity index (χ2v) is 4.88. The van der Waals surface area contributed by atoms with Gasteiger partial charge < -0.3 is 0 Å². The van der Waals surface area contributed by atoms with Gasteiger partial charge in [0.15, 0.2) is 0 Å². The van der Waals surface area contributed by atoms with E-state index in [0.717, 1.165) is 25.1 Å². The largest absolute Gasteiger partial charge is 0.253 e. The van der Waals surface area contributed by atoms with Crippen molar-refractivity contribution < 1.29 is 4.39 Å². The number of benzene rings is 1. The van der Waals surface area contributed by atoms with Gasteiger partial charge in [0.25, 0.3) is 0 Å². The Morgan fingerprint density at radius 2 is 2.11 bits per heavy atom. The molecule has 2 rings (SSSR count). The minimum atomic E-state index is -0.143. The molecule has 0 radical (unpaired) electrons. The maximum atomic E-state index is 13.3. The van der Waals surface area contributed by atoms with Gasteiger partial charge in [-0.1, -0.05) is 24.3 Å². The van der Waals surface area contributed by atoms with Gasteiger partial charge in [-0.15, -0.1) is 5.10 Å². The molecule has 0 aliphatic heterocycles. The Kier molecular flexibility index (Phi) is 4.30. The standard InChI is InChI=1S/C15H20FN3/c1-4-12(9-14-10-19(5-2)18-17-14)13-6-7-15(16)11(3)8-13/h6-8,10,12H,4-5,9H2,1-3H3. The zero-order valence-electron chi connectivity index (χ0n) is 11.7. The number of halogens is 1. The summed E-state index contributed by atoms with van der Waals surface area (Å²) in [5, 5.41) is 8.23. The molecule has 0 saturated heterocycles. The van der Waals surface area contributed by atoms with Crippen LogP contribution in [0, 0.1) is 12.7 Å². The molecule has 0 N–H and O–H groups in total. The first-order chi connectivity index (χ1) is 9.13. The Hall–Kier alpha value is -1.71. The molecule has 1 unspecified atom stereocenters. The number of aromatic nitrogens is 3. The van der Waals surface area contributed by atoms with Crippen LogP contribution in [0.25, 0.3) is 0 Å². The second-order valence-electron chi connectivity index (χ2n) is 4.88. The van der Waals surface area contributed by atoms with Crippen LogP contribution in [-0.2, 0) is 13.0 Å². The summed E-state index contributed by atoms with van der Waals surface area (Å²) in [6, 6.07) is 5.37. The Bertz CT molecular complexity index is 548. The van der Waals surface area contributed by atoms with Crippen LogP contribution in [0.15, 0.2) is 24.4 Å². The third-order valence-corrected chi connectivity index (χ3v) is 3.51. The van der Waals surface area contributed by atoms with Gasteiger partial charge in [0.2, 0.25) is 0 Å². The molecule has 0 fully saturated rings. The summed E-state index contributed by atoms with van der Waals surface area (Å²) in [6.45, 7) is 6.82. The average Bonchev–Trinajstić information content (AvgIpc) is 2.87. The first-order valence-electron chi connectivity index (χ1n) is 6.79. The highest BCUT2D eigenvalue weighted by Crippen LogP contribution is 2.25. The molecule has 0 bridgehead atoms. The highest BCUT2D eigenvalue weighted by Gasteiger charge is 2.13. The predicted octanol–water partition coefficient (Wildman–Crippen LogP) is 3.48. The quantitative estimate of drug-likeness (QED) is 0.825. The van der Waals surface area contributed by atoms with Crippen molar-refractivity contribution in [2.24, 2.45) is 0 Å². The molecule has 3 nitrogen and oxygen atoms in total. The summed E-state index contributed by atoms with van der Waals surface area (Å²) >= 11 is 0. The van der Waals surface area contributed by atoms with Crippen LogP contribution in [0.5, 0.6) is 0 Å². The summed E-state index contributed by atoms with van der Waals surface area (Å²) in [6.07, 6.45) is 3.84. The molecule has 102 valence electrons. The van der Waals surface area contributed by atoms with E-state index < -0.39 is 0 Å². The van der Waals surface area contributed by atoms with Crippen molar-refractivity contribution in [3.63, 3.8) is 0 Å². The minimum absolute atomic E-state index is 0.143. The lowest BCUT2D eigenvalue weighted by Gasteiger charge is -2.14. The van der Waals surface area contributed by atoms with Gasteiger partial charge in [-0.2, -0.15) is 0 Å². The van der Waals surface area contributed by atoms with Gasteiger partial charge in [-0.3, -0.25) is 4.68 Å². The van der Waals surface area contributed by atoms with Crippen molar-refractivity contribution in [1.29, 1.82) is 0 Å². The van der Waals surface area contributed by atoms with Crippen LogP contribution < -0.4 is 0 Å². The normalized spacial score (nSPS) is 12.6. The third-order valence-electron chi connectivity index (χ3n) is 3.51. The average molecular weight is 261 g/mol. The van der Waals surface area contributed by atoms with Crippen LogP contribution in [0.1, 0.15) is 43.0 Å². The zero-order valence-corrected chi connectivity index (χ0v) is 11.7. The summed E-state index contributed by atoms with van der Waals surface area (Å²) in [7, 11) is 0. The van der Waals surface area contributed by atoms with E-state index in [4.69, 9.17) is 0 Å². The van der Waals surface area contributed by atoms with Crippen molar-refractivity contribution in [3.05, 3.63) is 47.0 Å². The van der Waals surface area contributed by atoms with Crippen molar-refractivity contribution in [3.8, 4) is 0 Å². The fraction of sp³-hybridized carbons (Fsp3) is 0.467. The number of nitrogens with zero attached hydrogens (tertiary/aromatic N) is 3. The fourth-order valence-electron chi connectivity index (χ4n) is 2.26. The molecule has 19 heavy (non-hydrogen) atoms. The fourth-order valence-corrected chi connectivity index (χ4v) is 2.26. The third kappa shape index (κ3) is 3.19. The second kappa shape index (κ2) is 5.95. The van der Waals surface area contributed by atoms with Crippen LogP contribution in [0.3, 0.4) is 0 Å². The molecular weight excluding hydrogens is 241 g/mol. The predicted molar refractivity (Wildman–Crippen MR) is 73.6 cm³/mol. The molecule has 1 atom stereocenters. The van der Waals surface area contributed by atoms with E-state index in [2.05, 4.69) is 17.2 Å². The Labute approximate surface area is 113 Å². The number of hydrogen-bond acceptors (Lipinski definition) is 2. The van der Waals surface area contributed by atoms with E-state index in [1.807, 2.05) is 29.9 Å². The van der Waals surface area contributed by atoms with Gasteiger partial charge in [0.05, 0.1) is 5.69 Å². The summed E-state index contributed by atoms with van der Waals surface area (Å²) < 4.78 is 15.1. The van der Waals surface area contributed by atoms with Crippen LogP contribution in [0.2, 0.25) is 0 Å². The summed E-state index contributed by atoms with van der Waals surface area (Å²) in [4.78, 5) is 0. The highest BCUT2D eigenvalue weighted by atomic mass is 19.1. The van der Waals surface area contributed by atoms with E-state index in [0.29, 0.717) is 11.5 Å². The van der Waals surface area contributed by atoms with Gasteiger partial charge in [0.1, 0.15) is 5.82 Å². The number of rotatable bonds is 5. The van der Waals surface area contributed by atoms with Gasteiger partial charge in [-0.05, 0) is 49.8 Å². The molecule has 1 heterocycles. The lowest BCUT2D eigenvalue weighted by atomic mass is 9.91. The zero-order chi connectivity index (χ0) is 13.8. The van der Waals surface area contributed by atoms with Crippen molar-refractivity contribution in [2.45, 2.75) is 46.1 Å². The Morgan fingerprint density at radius 1 is 1.32 bits per heavy atom. The van der Waals surface area contributed by atoms with Gasteiger partial charge in [0, 0.05) is 12.7 Å². The summed E-state index contributed by atoms with van der Waals surface area (Å²) in [5.74, 6) is 0.219. The van der Waals surface area contributed by atoms with E-state index in [9.17, 15) is 4.39 Å². The minimum Gasteiger partial charge on any atom is -0.253 e. The smallest absolute Gasteiger partial charge is 0.126 e. The number of hydrogen-bond donors (Lipinski definition) is 0. The van der Waals surface area contributed by atoms with Crippen LogP contribution >= 0.6 is 0 Å². The van der Waals surface area contributed by atoms with E-state index in [1.54, 1.807) is 13.0 Å². The van der Waals surface area contributed by atoms with Crippen molar-refractivity contribution in [1.82, 2.24) is 15.0 Å². The van der Waals surface area contributed by atoms with Gasteiger partial charge >= 0.3 is 0 Å². The van der Waals surface area contributed by atoms with E-state index >= 15 is 0 Å². The maximum Gasteiger partial charge on any atom is 0.126 e. The molecule has 0 aliphatic carbocycles. The monoisotopic (exact) mass is 261 g/mol.